The van der Waals surface area contributed by atoms with Crippen molar-refractivity contribution in [1.29, 1.82) is 0 Å². The van der Waals surface area contributed by atoms with Gasteiger partial charge >= 0.3 is 0 Å². The van der Waals surface area contributed by atoms with Crippen molar-refractivity contribution in [3.05, 3.63) is 71.3 Å². The standard InChI is InChI=1S/C17H17NO2S/c19-21(20,11-12-6-2-1-3-7-12)18-17-15-10-13-8-4-5-9-14(13)16(15)17/h1-9,15-18H,10-11H2. The van der Waals surface area contributed by atoms with Crippen molar-refractivity contribution in [2.45, 2.75) is 24.1 Å². The zero-order valence-electron chi connectivity index (χ0n) is 11.6. The van der Waals surface area contributed by atoms with E-state index in [0.29, 0.717) is 11.8 Å². The molecular weight excluding hydrogens is 282 g/mol. The van der Waals surface area contributed by atoms with Gasteiger partial charge in [0, 0.05) is 12.0 Å². The molecule has 2 aliphatic rings. The fraction of sp³-hybridized carbons (Fsp3) is 0.294. The van der Waals surface area contributed by atoms with Crippen molar-refractivity contribution in [2.24, 2.45) is 5.92 Å². The van der Waals surface area contributed by atoms with Crippen LogP contribution in [0.1, 0.15) is 22.6 Å². The highest BCUT2D eigenvalue weighted by Crippen LogP contribution is 2.56. The van der Waals surface area contributed by atoms with E-state index >= 15 is 0 Å². The minimum atomic E-state index is -3.27. The molecule has 2 aromatic rings. The molecule has 21 heavy (non-hydrogen) atoms. The Hall–Kier alpha value is -1.65. The number of rotatable bonds is 4. The van der Waals surface area contributed by atoms with Gasteiger partial charge in [-0.25, -0.2) is 13.1 Å². The van der Waals surface area contributed by atoms with E-state index in [1.165, 1.54) is 11.1 Å². The molecule has 4 heteroatoms. The predicted molar refractivity (Wildman–Crippen MR) is 82.4 cm³/mol. The van der Waals surface area contributed by atoms with E-state index < -0.39 is 10.0 Å². The molecule has 2 aromatic carbocycles. The van der Waals surface area contributed by atoms with Crippen molar-refractivity contribution in [3.63, 3.8) is 0 Å². The Labute approximate surface area is 125 Å². The van der Waals surface area contributed by atoms with Crippen LogP contribution in [0.15, 0.2) is 54.6 Å². The van der Waals surface area contributed by atoms with E-state index in [1.54, 1.807) is 0 Å². The van der Waals surface area contributed by atoms with Crippen molar-refractivity contribution in [2.75, 3.05) is 0 Å². The van der Waals surface area contributed by atoms with Crippen LogP contribution in [-0.2, 0) is 22.2 Å². The number of fused-ring (bicyclic) bond motifs is 3. The molecule has 108 valence electrons. The van der Waals surface area contributed by atoms with Crippen LogP contribution >= 0.6 is 0 Å². The van der Waals surface area contributed by atoms with Gasteiger partial charge in [0.15, 0.2) is 0 Å². The van der Waals surface area contributed by atoms with Gasteiger partial charge in [0.2, 0.25) is 10.0 Å². The second-order valence-corrected chi connectivity index (χ2v) is 7.73. The third-order valence-electron chi connectivity index (χ3n) is 4.55. The SMILES string of the molecule is O=S(=O)(Cc1ccccc1)NC1C2Cc3ccccc3C21. The van der Waals surface area contributed by atoms with E-state index in [2.05, 4.69) is 22.9 Å². The number of nitrogens with one attached hydrogen (secondary N) is 1. The maximum Gasteiger partial charge on any atom is 0.216 e. The van der Waals surface area contributed by atoms with E-state index in [0.717, 1.165) is 12.0 Å². The summed E-state index contributed by atoms with van der Waals surface area (Å²) < 4.78 is 27.5. The maximum absolute atomic E-state index is 12.3. The van der Waals surface area contributed by atoms with Crippen LogP contribution in [0, 0.1) is 5.92 Å². The molecule has 4 rings (SSSR count). The van der Waals surface area contributed by atoms with Gasteiger partial charge in [-0.15, -0.1) is 0 Å². The van der Waals surface area contributed by atoms with E-state index in [1.807, 2.05) is 36.4 Å². The third-order valence-corrected chi connectivity index (χ3v) is 5.90. The molecular formula is C17H17NO2S. The van der Waals surface area contributed by atoms with Gasteiger partial charge in [0.1, 0.15) is 0 Å². The number of benzene rings is 2. The Kier molecular flexibility index (Phi) is 2.91. The fourth-order valence-corrected chi connectivity index (χ4v) is 5.01. The minimum absolute atomic E-state index is 0.0609. The summed E-state index contributed by atoms with van der Waals surface area (Å²) in [5.41, 5.74) is 3.54. The van der Waals surface area contributed by atoms with Crippen molar-refractivity contribution in [1.82, 2.24) is 4.72 Å². The topological polar surface area (TPSA) is 46.2 Å². The molecule has 3 nitrogen and oxygen atoms in total. The van der Waals surface area contributed by atoms with Gasteiger partial charge in [0.25, 0.3) is 0 Å². The first-order valence-electron chi connectivity index (χ1n) is 7.26. The molecule has 1 fully saturated rings. The maximum atomic E-state index is 12.3. The van der Waals surface area contributed by atoms with Gasteiger partial charge < -0.3 is 0 Å². The Bertz CT molecular complexity index is 770. The highest BCUT2D eigenvalue weighted by molar-refractivity contribution is 7.88. The number of hydrogen-bond acceptors (Lipinski definition) is 2. The summed E-state index contributed by atoms with van der Waals surface area (Å²) in [5.74, 6) is 0.894. The van der Waals surface area contributed by atoms with Crippen molar-refractivity contribution >= 4 is 10.0 Å². The van der Waals surface area contributed by atoms with Crippen LogP contribution in [0.2, 0.25) is 0 Å². The molecule has 3 atom stereocenters. The van der Waals surface area contributed by atoms with Crippen LogP contribution in [0.5, 0.6) is 0 Å². The van der Waals surface area contributed by atoms with Gasteiger partial charge in [-0.3, -0.25) is 0 Å². The third kappa shape index (κ3) is 2.39. The van der Waals surface area contributed by atoms with Crippen LogP contribution < -0.4 is 4.72 Å². The summed E-state index contributed by atoms with van der Waals surface area (Å²) in [6.07, 6.45) is 0.999. The smallest absolute Gasteiger partial charge is 0.212 e. The zero-order valence-corrected chi connectivity index (χ0v) is 12.4. The Morgan fingerprint density at radius 2 is 1.71 bits per heavy atom. The molecule has 0 aliphatic heterocycles. The zero-order chi connectivity index (χ0) is 14.4. The lowest BCUT2D eigenvalue weighted by Gasteiger charge is -2.10. The normalized spacial score (nSPS) is 26.2. The fourth-order valence-electron chi connectivity index (χ4n) is 3.55. The van der Waals surface area contributed by atoms with Gasteiger partial charge in [-0.1, -0.05) is 54.6 Å². The van der Waals surface area contributed by atoms with E-state index in [-0.39, 0.29) is 11.8 Å². The summed E-state index contributed by atoms with van der Waals surface area (Å²) in [6, 6.07) is 17.8. The molecule has 0 heterocycles. The number of sulfonamides is 1. The monoisotopic (exact) mass is 299 g/mol. The largest absolute Gasteiger partial charge is 0.216 e. The average molecular weight is 299 g/mol. The average Bonchev–Trinajstić information content (AvgIpc) is 2.96. The predicted octanol–water partition coefficient (Wildman–Crippen LogP) is 2.44. The van der Waals surface area contributed by atoms with Gasteiger partial charge in [0.05, 0.1) is 5.75 Å². The molecule has 0 radical (unpaired) electrons. The summed E-state index contributed by atoms with van der Waals surface area (Å²) in [5, 5.41) is 0. The molecule has 3 unspecified atom stereocenters. The highest BCUT2D eigenvalue weighted by atomic mass is 32.2. The molecule has 2 aliphatic carbocycles. The van der Waals surface area contributed by atoms with Crippen LogP contribution in [0.4, 0.5) is 0 Å². The molecule has 0 aromatic heterocycles. The van der Waals surface area contributed by atoms with Crippen molar-refractivity contribution in [3.8, 4) is 0 Å². The molecule has 0 saturated heterocycles. The molecule has 0 spiro atoms. The Morgan fingerprint density at radius 1 is 1.00 bits per heavy atom. The summed E-state index contributed by atoms with van der Waals surface area (Å²) in [4.78, 5) is 0. The molecule has 1 saturated carbocycles. The molecule has 0 amide bonds. The lowest BCUT2D eigenvalue weighted by atomic mass is 10.1. The lowest BCUT2D eigenvalue weighted by Crippen LogP contribution is -2.30. The summed E-state index contributed by atoms with van der Waals surface area (Å²) >= 11 is 0. The summed E-state index contributed by atoms with van der Waals surface area (Å²) in [6.45, 7) is 0. The van der Waals surface area contributed by atoms with Crippen LogP contribution in [0.25, 0.3) is 0 Å². The van der Waals surface area contributed by atoms with Crippen LogP contribution in [0.3, 0.4) is 0 Å². The minimum Gasteiger partial charge on any atom is -0.212 e. The first-order valence-corrected chi connectivity index (χ1v) is 8.91. The van der Waals surface area contributed by atoms with Gasteiger partial charge in [-0.2, -0.15) is 0 Å². The van der Waals surface area contributed by atoms with Gasteiger partial charge in [-0.05, 0) is 29.0 Å². The quantitative estimate of drug-likeness (QED) is 0.942. The first-order chi connectivity index (χ1) is 10.1. The second-order valence-electron chi connectivity index (χ2n) is 5.98. The molecule has 1 N–H and O–H groups in total. The first kappa shape index (κ1) is 13.0. The molecule has 0 bridgehead atoms. The van der Waals surface area contributed by atoms with Crippen molar-refractivity contribution < 1.29 is 8.42 Å². The summed E-state index contributed by atoms with van der Waals surface area (Å²) in [7, 11) is -3.27. The van der Waals surface area contributed by atoms with E-state index in [4.69, 9.17) is 0 Å². The Balaban J connectivity index is 1.47. The Morgan fingerprint density at radius 3 is 2.52 bits per heavy atom. The highest BCUT2D eigenvalue weighted by Gasteiger charge is 2.56. The second kappa shape index (κ2) is 4.68. The number of hydrogen-bond donors (Lipinski definition) is 1. The van der Waals surface area contributed by atoms with Crippen LogP contribution in [-0.4, -0.2) is 14.5 Å². The lowest BCUT2D eigenvalue weighted by molar-refractivity contribution is 0.574. The van der Waals surface area contributed by atoms with E-state index in [9.17, 15) is 8.42 Å².